The Bertz CT molecular complexity index is 448. The standard InChI is InChI=1S/C11H9NO3/c1-12-8-3-4-9-7(5-8)6-10(15-9)11(13)14-2/h3-5,10H,6H2,2H3. The molecular formula is C11H9NO3. The van der Waals surface area contributed by atoms with Gasteiger partial charge in [-0.05, 0) is 17.7 Å². The summed E-state index contributed by atoms with van der Waals surface area (Å²) >= 11 is 0. The van der Waals surface area contributed by atoms with Gasteiger partial charge >= 0.3 is 5.97 Å². The fraction of sp³-hybridized carbons (Fsp3) is 0.273. The second-order valence-corrected chi connectivity index (χ2v) is 3.24. The molecule has 4 nitrogen and oxygen atoms in total. The van der Waals surface area contributed by atoms with Gasteiger partial charge in [0.05, 0.1) is 13.7 Å². The van der Waals surface area contributed by atoms with E-state index in [-0.39, 0.29) is 5.97 Å². The lowest BCUT2D eigenvalue weighted by atomic mass is 10.1. The van der Waals surface area contributed by atoms with Crippen LogP contribution in [-0.2, 0) is 16.0 Å². The van der Waals surface area contributed by atoms with Crippen molar-refractivity contribution in [3.05, 3.63) is 35.2 Å². The van der Waals surface area contributed by atoms with E-state index in [1.54, 1.807) is 18.2 Å². The van der Waals surface area contributed by atoms with Gasteiger partial charge in [-0.25, -0.2) is 9.64 Å². The lowest BCUT2D eigenvalue weighted by molar-refractivity contribution is -0.147. The zero-order valence-electron chi connectivity index (χ0n) is 8.19. The molecule has 0 radical (unpaired) electrons. The zero-order valence-corrected chi connectivity index (χ0v) is 8.19. The van der Waals surface area contributed by atoms with Crippen molar-refractivity contribution in [3.63, 3.8) is 0 Å². The van der Waals surface area contributed by atoms with Crippen LogP contribution in [0.1, 0.15) is 5.56 Å². The molecule has 0 amide bonds. The van der Waals surface area contributed by atoms with Gasteiger partial charge in [-0.15, -0.1) is 0 Å². The molecule has 1 heterocycles. The van der Waals surface area contributed by atoms with E-state index in [2.05, 4.69) is 9.58 Å². The molecule has 4 heteroatoms. The van der Waals surface area contributed by atoms with Gasteiger partial charge in [0.2, 0.25) is 0 Å². The summed E-state index contributed by atoms with van der Waals surface area (Å²) in [5.74, 6) is 0.286. The maximum Gasteiger partial charge on any atom is 0.347 e. The van der Waals surface area contributed by atoms with Crippen molar-refractivity contribution in [2.45, 2.75) is 12.5 Å². The highest BCUT2D eigenvalue weighted by molar-refractivity contribution is 5.77. The van der Waals surface area contributed by atoms with Crippen LogP contribution in [0.5, 0.6) is 5.75 Å². The number of fused-ring (bicyclic) bond motifs is 1. The van der Waals surface area contributed by atoms with E-state index in [0.29, 0.717) is 17.9 Å². The van der Waals surface area contributed by atoms with Crippen LogP contribution in [0, 0.1) is 6.57 Å². The molecule has 1 atom stereocenters. The van der Waals surface area contributed by atoms with E-state index < -0.39 is 6.10 Å². The molecule has 0 spiro atoms. The maximum absolute atomic E-state index is 11.2. The largest absolute Gasteiger partial charge is 0.478 e. The molecule has 2 rings (SSSR count). The SMILES string of the molecule is [C-]#[N+]c1ccc2c(c1)CC(C(=O)OC)O2. The minimum absolute atomic E-state index is 0.379. The monoisotopic (exact) mass is 203 g/mol. The first-order valence-electron chi connectivity index (χ1n) is 4.49. The van der Waals surface area contributed by atoms with Gasteiger partial charge < -0.3 is 9.47 Å². The number of nitrogens with zero attached hydrogens (tertiary/aromatic N) is 1. The summed E-state index contributed by atoms with van der Waals surface area (Å²) in [5.41, 5.74) is 1.45. The molecule has 0 saturated carbocycles. The Balaban J connectivity index is 2.24. The van der Waals surface area contributed by atoms with Gasteiger partial charge in [0.25, 0.3) is 0 Å². The number of esters is 1. The zero-order chi connectivity index (χ0) is 10.8. The van der Waals surface area contributed by atoms with Crippen molar-refractivity contribution >= 4 is 11.7 Å². The Morgan fingerprint density at radius 1 is 1.67 bits per heavy atom. The Morgan fingerprint density at radius 2 is 2.47 bits per heavy atom. The fourth-order valence-corrected chi connectivity index (χ4v) is 1.57. The molecule has 1 aliphatic rings. The molecule has 1 aromatic rings. The molecule has 0 N–H and O–H groups in total. The quantitative estimate of drug-likeness (QED) is 0.515. The molecule has 0 saturated heterocycles. The predicted octanol–water partition coefficient (Wildman–Crippen LogP) is 1.71. The Morgan fingerprint density at radius 3 is 3.13 bits per heavy atom. The third kappa shape index (κ3) is 1.64. The highest BCUT2D eigenvalue weighted by Gasteiger charge is 2.29. The van der Waals surface area contributed by atoms with E-state index in [9.17, 15) is 4.79 Å². The second-order valence-electron chi connectivity index (χ2n) is 3.24. The van der Waals surface area contributed by atoms with Crippen LogP contribution in [0.3, 0.4) is 0 Å². The highest BCUT2D eigenvalue weighted by Crippen LogP contribution is 2.32. The van der Waals surface area contributed by atoms with Crippen molar-refractivity contribution in [2.24, 2.45) is 0 Å². The van der Waals surface area contributed by atoms with Crippen LogP contribution in [0.4, 0.5) is 5.69 Å². The number of ether oxygens (including phenoxy) is 2. The van der Waals surface area contributed by atoms with Crippen molar-refractivity contribution in [1.82, 2.24) is 0 Å². The molecule has 0 fully saturated rings. The van der Waals surface area contributed by atoms with Crippen molar-refractivity contribution in [3.8, 4) is 5.75 Å². The van der Waals surface area contributed by atoms with Gasteiger partial charge in [0.1, 0.15) is 5.75 Å². The molecule has 76 valence electrons. The number of benzene rings is 1. The van der Waals surface area contributed by atoms with Crippen molar-refractivity contribution < 1.29 is 14.3 Å². The summed E-state index contributed by atoms with van der Waals surface area (Å²) in [7, 11) is 1.33. The molecule has 0 aromatic heterocycles. The molecule has 1 aliphatic heterocycles. The van der Waals surface area contributed by atoms with Crippen molar-refractivity contribution in [1.29, 1.82) is 0 Å². The number of hydrogen-bond acceptors (Lipinski definition) is 3. The Labute approximate surface area is 87.2 Å². The topological polar surface area (TPSA) is 39.9 Å². The van der Waals surface area contributed by atoms with E-state index in [1.165, 1.54) is 7.11 Å². The minimum atomic E-state index is -0.564. The summed E-state index contributed by atoms with van der Waals surface area (Å²) in [6.07, 6.45) is -0.0864. The van der Waals surface area contributed by atoms with Crippen molar-refractivity contribution in [2.75, 3.05) is 7.11 Å². The molecule has 15 heavy (non-hydrogen) atoms. The smallest absolute Gasteiger partial charge is 0.347 e. The molecule has 0 aliphatic carbocycles. The van der Waals surface area contributed by atoms with Crippen LogP contribution in [-0.4, -0.2) is 19.2 Å². The van der Waals surface area contributed by atoms with Crippen LogP contribution in [0.15, 0.2) is 18.2 Å². The van der Waals surface area contributed by atoms with Crippen LogP contribution < -0.4 is 4.74 Å². The molecule has 0 bridgehead atoms. The molecule has 1 unspecified atom stereocenters. The highest BCUT2D eigenvalue weighted by atomic mass is 16.6. The summed E-state index contributed by atoms with van der Waals surface area (Å²) < 4.78 is 9.98. The number of carbonyl (C=O) groups excluding carboxylic acids is 1. The summed E-state index contributed by atoms with van der Waals surface area (Å²) in [4.78, 5) is 14.5. The van der Waals surface area contributed by atoms with Gasteiger partial charge in [0, 0.05) is 6.42 Å². The number of carbonyl (C=O) groups is 1. The Kier molecular flexibility index (Phi) is 2.30. The number of rotatable bonds is 1. The summed E-state index contributed by atoms with van der Waals surface area (Å²) in [5, 5.41) is 0. The minimum Gasteiger partial charge on any atom is -0.478 e. The summed E-state index contributed by atoms with van der Waals surface area (Å²) in [6.45, 7) is 6.87. The van der Waals surface area contributed by atoms with E-state index >= 15 is 0 Å². The first kappa shape index (κ1) is 9.53. The van der Waals surface area contributed by atoms with Gasteiger partial charge in [-0.1, -0.05) is 6.07 Å². The first-order chi connectivity index (χ1) is 7.24. The molecule has 1 aromatic carbocycles. The van der Waals surface area contributed by atoms with Gasteiger partial charge in [0.15, 0.2) is 11.8 Å². The third-order valence-electron chi connectivity index (χ3n) is 2.31. The second kappa shape index (κ2) is 3.62. The van der Waals surface area contributed by atoms with E-state index in [0.717, 1.165) is 5.56 Å². The van der Waals surface area contributed by atoms with Gasteiger partial charge in [-0.3, -0.25) is 0 Å². The van der Waals surface area contributed by atoms with E-state index in [1.807, 2.05) is 0 Å². The first-order valence-corrected chi connectivity index (χ1v) is 4.49. The van der Waals surface area contributed by atoms with Gasteiger partial charge in [-0.2, -0.15) is 0 Å². The van der Waals surface area contributed by atoms with Crippen LogP contribution in [0.2, 0.25) is 0 Å². The lowest BCUT2D eigenvalue weighted by Crippen LogP contribution is -2.26. The normalized spacial score (nSPS) is 17.5. The van der Waals surface area contributed by atoms with Crippen LogP contribution >= 0.6 is 0 Å². The number of hydrogen-bond donors (Lipinski definition) is 0. The average Bonchev–Trinajstić information content (AvgIpc) is 2.70. The third-order valence-corrected chi connectivity index (χ3v) is 2.31. The lowest BCUT2D eigenvalue weighted by Gasteiger charge is -2.06. The summed E-state index contributed by atoms with van der Waals surface area (Å²) in [6, 6.07) is 5.13. The average molecular weight is 203 g/mol. The number of methoxy groups -OCH3 is 1. The maximum atomic E-state index is 11.2. The fourth-order valence-electron chi connectivity index (χ4n) is 1.57. The van der Waals surface area contributed by atoms with Crippen LogP contribution in [0.25, 0.3) is 4.85 Å². The van der Waals surface area contributed by atoms with E-state index in [4.69, 9.17) is 11.3 Å². The molecular weight excluding hydrogens is 194 g/mol. The Hall–Kier alpha value is -2.02. The predicted molar refractivity (Wildman–Crippen MR) is 52.8 cm³/mol.